The van der Waals surface area contributed by atoms with Gasteiger partial charge in [-0.2, -0.15) is 4.98 Å². The highest BCUT2D eigenvalue weighted by atomic mass is 19.1. The summed E-state index contributed by atoms with van der Waals surface area (Å²) in [6, 6.07) is 6.12. The number of hydrogen-bond donors (Lipinski definition) is 2. The van der Waals surface area contributed by atoms with Crippen molar-refractivity contribution in [3.63, 3.8) is 0 Å². The summed E-state index contributed by atoms with van der Waals surface area (Å²) >= 11 is 0. The van der Waals surface area contributed by atoms with E-state index >= 15 is 0 Å². The normalized spacial score (nSPS) is 10.8. The van der Waals surface area contributed by atoms with Crippen LogP contribution in [0.1, 0.15) is 19.0 Å². The van der Waals surface area contributed by atoms with Crippen LogP contribution in [-0.4, -0.2) is 28.2 Å². The highest BCUT2D eigenvalue weighted by molar-refractivity contribution is 5.84. The predicted molar refractivity (Wildman–Crippen MR) is 97.5 cm³/mol. The third-order valence-corrected chi connectivity index (χ3v) is 3.77. The zero-order chi connectivity index (χ0) is 18.5. The lowest BCUT2D eigenvalue weighted by atomic mass is 10.2. The second kappa shape index (κ2) is 7.81. The third-order valence-electron chi connectivity index (χ3n) is 3.77. The first-order valence-electron chi connectivity index (χ1n) is 8.30. The number of fused-ring (bicyclic) bond motifs is 1. The van der Waals surface area contributed by atoms with E-state index in [0.717, 1.165) is 0 Å². The second-order valence-electron chi connectivity index (χ2n) is 5.62. The molecule has 4 N–H and O–H groups in total. The van der Waals surface area contributed by atoms with Crippen molar-refractivity contribution in [2.45, 2.75) is 19.8 Å². The zero-order valence-electron chi connectivity index (χ0n) is 14.4. The summed E-state index contributed by atoms with van der Waals surface area (Å²) in [5, 5.41) is 0.637. The molecule has 0 bridgehead atoms. The van der Waals surface area contributed by atoms with E-state index in [1.165, 1.54) is 12.1 Å². The number of benzene rings is 1. The molecule has 0 fully saturated rings. The molecular weight excluding hydrogens is 337 g/mol. The van der Waals surface area contributed by atoms with Crippen molar-refractivity contribution >= 4 is 22.7 Å². The Kier molecular flexibility index (Phi) is 5.31. The van der Waals surface area contributed by atoms with E-state index in [9.17, 15) is 4.39 Å². The molecule has 1 aromatic carbocycles. The number of nitrogens with zero attached hydrogens (tertiary/aromatic N) is 3. The van der Waals surface area contributed by atoms with Crippen LogP contribution in [0.2, 0.25) is 0 Å². The molecule has 0 saturated carbocycles. The van der Waals surface area contributed by atoms with Crippen molar-refractivity contribution in [2.75, 3.05) is 24.7 Å². The van der Waals surface area contributed by atoms with Gasteiger partial charge in [0.1, 0.15) is 11.6 Å². The van der Waals surface area contributed by atoms with Crippen LogP contribution in [0.25, 0.3) is 10.9 Å². The van der Waals surface area contributed by atoms with E-state index in [2.05, 4.69) is 15.0 Å². The Morgan fingerprint density at radius 3 is 2.69 bits per heavy atom. The molecule has 0 aliphatic carbocycles. The molecule has 136 valence electrons. The molecular formula is C18H20FN5O2. The van der Waals surface area contributed by atoms with Crippen LogP contribution in [0.15, 0.2) is 30.5 Å². The number of nitrogens with two attached hydrogens (primary N) is 2. The number of aryl methyl sites for hydroxylation is 1. The first-order chi connectivity index (χ1) is 12.6. The lowest BCUT2D eigenvalue weighted by Gasteiger charge is -2.13. The van der Waals surface area contributed by atoms with Gasteiger partial charge in [0.2, 0.25) is 5.95 Å². The monoisotopic (exact) mass is 357 g/mol. The molecule has 26 heavy (non-hydrogen) atoms. The highest BCUT2D eigenvalue weighted by Crippen LogP contribution is 2.26. The van der Waals surface area contributed by atoms with Gasteiger partial charge in [-0.1, -0.05) is 6.92 Å². The van der Waals surface area contributed by atoms with E-state index < -0.39 is 0 Å². The Labute approximate surface area is 150 Å². The van der Waals surface area contributed by atoms with Crippen molar-refractivity contribution in [2.24, 2.45) is 0 Å². The number of anilines is 2. The first kappa shape index (κ1) is 17.7. The number of aromatic nitrogens is 3. The fraction of sp³-hybridized carbons (Fsp3) is 0.278. The third kappa shape index (κ3) is 3.90. The van der Waals surface area contributed by atoms with Crippen molar-refractivity contribution in [1.29, 1.82) is 0 Å². The number of halogens is 1. The van der Waals surface area contributed by atoms with Gasteiger partial charge in [-0.25, -0.2) is 9.37 Å². The molecule has 0 spiro atoms. The summed E-state index contributed by atoms with van der Waals surface area (Å²) < 4.78 is 24.9. The van der Waals surface area contributed by atoms with Gasteiger partial charge >= 0.3 is 0 Å². The maximum absolute atomic E-state index is 13.4. The van der Waals surface area contributed by atoms with Crippen LogP contribution in [0.4, 0.5) is 16.2 Å². The van der Waals surface area contributed by atoms with Gasteiger partial charge in [0, 0.05) is 18.0 Å². The Morgan fingerprint density at radius 1 is 1.08 bits per heavy atom. The van der Waals surface area contributed by atoms with E-state index in [1.807, 2.05) is 6.92 Å². The largest absolute Gasteiger partial charge is 0.493 e. The summed E-state index contributed by atoms with van der Waals surface area (Å²) in [5.41, 5.74) is 12.8. The number of rotatable bonds is 7. The molecule has 2 heterocycles. The van der Waals surface area contributed by atoms with Crippen molar-refractivity contribution in [3.05, 3.63) is 42.0 Å². The Morgan fingerprint density at radius 2 is 1.88 bits per heavy atom. The summed E-state index contributed by atoms with van der Waals surface area (Å²) in [4.78, 5) is 12.2. The van der Waals surface area contributed by atoms with E-state index in [0.29, 0.717) is 54.2 Å². The minimum Gasteiger partial charge on any atom is -0.493 e. The summed E-state index contributed by atoms with van der Waals surface area (Å²) in [5.74, 6) is 1.07. The van der Waals surface area contributed by atoms with Crippen molar-refractivity contribution in [1.82, 2.24) is 15.0 Å². The van der Waals surface area contributed by atoms with Gasteiger partial charge < -0.3 is 20.9 Å². The minimum atomic E-state index is -0.329. The van der Waals surface area contributed by atoms with E-state index in [4.69, 9.17) is 20.9 Å². The van der Waals surface area contributed by atoms with Crippen LogP contribution in [0, 0.1) is 5.82 Å². The molecule has 0 amide bonds. The SMILES string of the molecule is CCc1nc(N)nc(N)c1OCCCOc1ccnc2ccc(F)cc12. The van der Waals surface area contributed by atoms with Gasteiger partial charge in [0.05, 0.1) is 24.4 Å². The van der Waals surface area contributed by atoms with E-state index in [1.54, 1.807) is 18.3 Å². The van der Waals surface area contributed by atoms with Crippen LogP contribution in [0.3, 0.4) is 0 Å². The van der Waals surface area contributed by atoms with E-state index in [-0.39, 0.29) is 17.6 Å². The average Bonchev–Trinajstić information content (AvgIpc) is 2.62. The molecule has 0 radical (unpaired) electrons. The Hall–Kier alpha value is -3.16. The number of hydrogen-bond acceptors (Lipinski definition) is 7. The van der Waals surface area contributed by atoms with Crippen molar-refractivity contribution < 1.29 is 13.9 Å². The van der Waals surface area contributed by atoms with Crippen LogP contribution >= 0.6 is 0 Å². The van der Waals surface area contributed by atoms with Crippen LogP contribution in [0.5, 0.6) is 11.5 Å². The molecule has 3 rings (SSSR count). The fourth-order valence-corrected chi connectivity index (χ4v) is 2.57. The first-order valence-corrected chi connectivity index (χ1v) is 8.30. The predicted octanol–water partition coefficient (Wildman–Crippen LogP) is 2.74. The molecule has 3 aromatic rings. The quantitative estimate of drug-likeness (QED) is 0.626. The number of pyridine rings is 1. The Balaban J connectivity index is 1.58. The molecule has 0 saturated heterocycles. The molecule has 0 aliphatic rings. The standard InChI is InChI=1S/C18H20FN5O2/c1-2-13-16(17(20)24-18(21)23-13)26-9-3-8-25-15-6-7-22-14-5-4-11(19)10-12(14)15/h4-7,10H,2-3,8-9H2,1H3,(H4,20,21,23,24). The average molecular weight is 357 g/mol. The molecule has 0 atom stereocenters. The molecule has 2 aromatic heterocycles. The summed E-state index contributed by atoms with van der Waals surface area (Å²) in [6.45, 7) is 2.71. The molecule has 7 nitrogen and oxygen atoms in total. The Bertz CT molecular complexity index is 919. The summed E-state index contributed by atoms with van der Waals surface area (Å²) in [7, 11) is 0. The lowest BCUT2D eigenvalue weighted by Crippen LogP contribution is -2.11. The van der Waals surface area contributed by atoms with Crippen LogP contribution < -0.4 is 20.9 Å². The zero-order valence-corrected chi connectivity index (χ0v) is 14.4. The van der Waals surface area contributed by atoms with Gasteiger partial charge in [0.15, 0.2) is 11.6 Å². The lowest BCUT2D eigenvalue weighted by molar-refractivity contribution is 0.247. The maximum Gasteiger partial charge on any atom is 0.222 e. The number of ether oxygens (including phenoxy) is 2. The van der Waals surface area contributed by atoms with Gasteiger partial charge in [-0.05, 0) is 30.7 Å². The second-order valence-corrected chi connectivity index (χ2v) is 5.62. The van der Waals surface area contributed by atoms with Gasteiger partial charge in [-0.3, -0.25) is 4.98 Å². The molecule has 8 heteroatoms. The van der Waals surface area contributed by atoms with Gasteiger partial charge in [0.25, 0.3) is 0 Å². The topological polar surface area (TPSA) is 109 Å². The molecule has 0 unspecified atom stereocenters. The smallest absolute Gasteiger partial charge is 0.222 e. The minimum absolute atomic E-state index is 0.131. The number of nitrogen functional groups attached to an aromatic ring is 2. The highest BCUT2D eigenvalue weighted by Gasteiger charge is 2.11. The fourth-order valence-electron chi connectivity index (χ4n) is 2.57. The maximum atomic E-state index is 13.4. The summed E-state index contributed by atoms with van der Waals surface area (Å²) in [6.07, 6.45) is 2.87. The van der Waals surface area contributed by atoms with Gasteiger partial charge in [-0.15, -0.1) is 0 Å². The van der Waals surface area contributed by atoms with Crippen molar-refractivity contribution in [3.8, 4) is 11.5 Å². The van der Waals surface area contributed by atoms with Crippen LogP contribution in [-0.2, 0) is 6.42 Å². The molecule has 0 aliphatic heterocycles.